The predicted octanol–water partition coefficient (Wildman–Crippen LogP) is 3.79. The van der Waals surface area contributed by atoms with Crippen LogP contribution in [-0.2, 0) is 24.4 Å². The highest BCUT2D eigenvalue weighted by Crippen LogP contribution is 2.31. The van der Waals surface area contributed by atoms with E-state index in [1.807, 2.05) is 39.1 Å². The summed E-state index contributed by atoms with van der Waals surface area (Å²) in [5, 5.41) is 19.9. The maximum atomic E-state index is 12.8. The van der Waals surface area contributed by atoms with E-state index < -0.39 is 0 Å². The summed E-state index contributed by atoms with van der Waals surface area (Å²) in [5.74, 6) is 1.98. The fourth-order valence-corrected chi connectivity index (χ4v) is 4.25. The van der Waals surface area contributed by atoms with Crippen LogP contribution in [0.3, 0.4) is 0 Å². The van der Waals surface area contributed by atoms with E-state index >= 15 is 0 Å². The van der Waals surface area contributed by atoms with Gasteiger partial charge in [-0.05, 0) is 42.8 Å². The fourth-order valence-electron chi connectivity index (χ4n) is 4.25. The summed E-state index contributed by atoms with van der Waals surface area (Å²) in [6.07, 6.45) is 1.86. The second-order valence-electron chi connectivity index (χ2n) is 8.24. The molecule has 6 bridgehead atoms. The van der Waals surface area contributed by atoms with Crippen molar-refractivity contribution in [2.24, 2.45) is 0 Å². The number of piperazine rings is 1. The molecule has 3 aromatic rings. The Bertz CT molecular complexity index is 1240. The summed E-state index contributed by atoms with van der Waals surface area (Å²) >= 11 is 0. The molecule has 1 amide bonds. The third-order valence-electron chi connectivity index (χ3n) is 6.07. The van der Waals surface area contributed by atoms with Crippen molar-refractivity contribution in [2.45, 2.75) is 40.4 Å². The van der Waals surface area contributed by atoms with Gasteiger partial charge in [-0.3, -0.25) is 9.69 Å². The number of fused-ring (bicyclic) bond motifs is 2. The number of imidazole rings is 1. The molecule has 4 heterocycles. The standard InChI is InChI=1S/C24H23N5O3.C2H6/c1-16-26-11-20-14-27-6-7-28(24(31)15-27)13-19-9-21(4-5-22(19)30)32-23-8-17(12-29(16)20)2-3-18(23)10-25;1-2/h2-5,8-9,11,30H,6-7,12-15H2,1H3;1-2H3. The average molecular weight is 460 g/mol. The van der Waals surface area contributed by atoms with Crippen molar-refractivity contribution in [1.82, 2.24) is 19.4 Å². The molecule has 0 radical (unpaired) electrons. The Morgan fingerprint density at radius 1 is 1.06 bits per heavy atom. The smallest absolute Gasteiger partial charge is 0.237 e. The van der Waals surface area contributed by atoms with Crippen LogP contribution in [0.5, 0.6) is 17.2 Å². The number of aryl methyl sites for hydroxylation is 1. The van der Waals surface area contributed by atoms with E-state index in [9.17, 15) is 15.2 Å². The van der Waals surface area contributed by atoms with Crippen LogP contribution in [0.25, 0.3) is 0 Å². The fraction of sp³-hybridized carbons (Fsp3) is 0.346. The minimum Gasteiger partial charge on any atom is -0.508 e. The molecular weight excluding hydrogens is 430 g/mol. The van der Waals surface area contributed by atoms with Gasteiger partial charge >= 0.3 is 0 Å². The number of rotatable bonds is 0. The lowest BCUT2D eigenvalue weighted by molar-refractivity contribution is -0.136. The molecule has 3 aliphatic heterocycles. The molecule has 34 heavy (non-hydrogen) atoms. The van der Waals surface area contributed by atoms with Gasteiger partial charge in [-0.1, -0.05) is 19.9 Å². The SMILES string of the molecule is CC.Cc1ncc2n1Cc1ccc(C#N)c(c1)Oc1ccc(O)c(c1)CN1CCN(CC1=O)C2. The number of benzene rings is 2. The molecule has 1 unspecified atom stereocenters. The number of phenols is 1. The number of aromatic nitrogens is 2. The van der Waals surface area contributed by atoms with Crippen LogP contribution >= 0.6 is 0 Å². The number of amides is 1. The second kappa shape index (κ2) is 9.98. The van der Waals surface area contributed by atoms with Crippen LogP contribution in [0.4, 0.5) is 0 Å². The van der Waals surface area contributed by atoms with E-state index in [1.54, 1.807) is 29.2 Å². The van der Waals surface area contributed by atoms with Crippen molar-refractivity contribution in [3.63, 3.8) is 0 Å². The molecule has 0 aliphatic carbocycles. The van der Waals surface area contributed by atoms with Gasteiger partial charge in [-0.2, -0.15) is 5.26 Å². The summed E-state index contributed by atoms with van der Waals surface area (Å²) in [6.45, 7) is 9.12. The maximum Gasteiger partial charge on any atom is 0.237 e. The van der Waals surface area contributed by atoms with Crippen LogP contribution < -0.4 is 4.74 Å². The number of carbonyl (C=O) groups excluding carboxylic acids is 1. The number of phenolic OH excluding ortho intramolecular Hbond substituents is 1. The zero-order chi connectivity index (χ0) is 24.2. The van der Waals surface area contributed by atoms with Crippen molar-refractivity contribution >= 4 is 5.91 Å². The lowest BCUT2D eigenvalue weighted by Crippen LogP contribution is -2.49. The monoisotopic (exact) mass is 459 g/mol. The first-order valence-electron chi connectivity index (χ1n) is 11.5. The summed E-state index contributed by atoms with van der Waals surface area (Å²) in [4.78, 5) is 21.2. The zero-order valence-corrected chi connectivity index (χ0v) is 19.8. The third-order valence-corrected chi connectivity index (χ3v) is 6.07. The Morgan fingerprint density at radius 2 is 1.88 bits per heavy atom. The molecule has 1 saturated heterocycles. The highest BCUT2D eigenvalue weighted by molar-refractivity contribution is 5.79. The van der Waals surface area contributed by atoms with Gasteiger partial charge in [0.25, 0.3) is 0 Å². The predicted molar refractivity (Wildman–Crippen MR) is 127 cm³/mol. The second-order valence-corrected chi connectivity index (χ2v) is 8.24. The topological polar surface area (TPSA) is 94.6 Å². The first-order chi connectivity index (χ1) is 16.5. The minimum absolute atomic E-state index is 0.0221. The Balaban J connectivity index is 0.00000133. The van der Waals surface area contributed by atoms with Gasteiger partial charge in [0.05, 0.1) is 17.8 Å². The number of carbonyl (C=O) groups is 1. The van der Waals surface area contributed by atoms with Crippen LogP contribution in [0.2, 0.25) is 0 Å². The van der Waals surface area contributed by atoms with E-state index in [4.69, 9.17) is 4.74 Å². The van der Waals surface area contributed by atoms with Gasteiger partial charge in [0.2, 0.25) is 5.91 Å². The molecule has 1 fully saturated rings. The molecule has 3 aliphatic rings. The molecule has 176 valence electrons. The molecule has 8 nitrogen and oxygen atoms in total. The number of hydrogen-bond acceptors (Lipinski definition) is 6. The van der Waals surface area contributed by atoms with Gasteiger partial charge in [-0.25, -0.2) is 4.98 Å². The van der Waals surface area contributed by atoms with E-state index in [0.29, 0.717) is 55.3 Å². The Morgan fingerprint density at radius 3 is 2.65 bits per heavy atom. The molecule has 0 spiro atoms. The van der Waals surface area contributed by atoms with E-state index in [2.05, 4.69) is 20.5 Å². The molecule has 1 atom stereocenters. The van der Waals surface area contributed by atoms with E-state index in [1.165, 1.54) is 0 Å². The van der Waals surface area contributed by atoms with Gasteiger partial charge in [0.15, 0.2) is 0 Å². The van der Waals surface area contributed by atoms with Crippen molar-refractivity contribution < 1.29 is 14.6 Å². The number of nitriles is 1. The third kappa shape index (κ3) is 4.75. The zero-order valence-electron chi connectivity index (χ0n) is 19.8. The van der Waals surface area contributed by atoms with Crippen molar-refractivity contribution in [1.29, 1.82) is 5.26 Å². The first kappa shape index (κ1) is 23.3. The van der Waals surface area contributed by atoms with Crippen molar-refractivity contribution in [3.05, 3.63) is 70.8 Å². The minimum atomic E-state index is 0.0221. The molecule has 2 aromatic carbocycles. The Labute approximate surface area is 199 Å². The highest BCUT2D eigenvalue weighted by atomic mass is 16.5. The average Bonchev–Trinajstić information content (AvgIpc) is 3.17. The lowest BCUT2D eigenvalue weighted by Gasteiger charge is -2.34. The van der Waals surface area contributed by atoms with Crippen molar-refractivity contribution in [3.8, 4) is 23.3 Å². The van der Waals surface area contributed by atoms with Gasteiger partial charge in [0, 0.05) is 44.5 Å². The van der Waals surface area contributed by atoms with Crippen LogP contribution in [-0.4, -0.2) is 50.0 Å². The molecule has 0 saturated carbocycles. The molecule has 1 aromatic heterocycles. The lowest BCUT2D eigenvalue weighted by atomic mass is 10.1. The summed E-state index contributed by atoms with van der Waals surface area (Å²) in [5.41, 5.74) is 3.05. The molecular formula is C26H29N5O3. The van der Waals surface area contributed by atoms with E-state index in [-0.39, 0.29) is 11.7 Å². The first-order valence-corrected chi connectivity index (χ1v) is 11.5. The number of nitrogens with zero attached hydrogens (tertiary/aromatic N) is 5. The molecule has 1 N–H and O–H groups in total. The van der Waals surface area contributed by atoms with Crippen LogP contribution in [0.1, 0.15) is 42.1 Å². The van der Waals surface area contributed by atoms with E-state index in [0.717, 1.165) is 23.6 Å². The summed E-state index contributed by atoms with van der Waals surface area (Å²) in [7, 11) is 0. The van der Waals surface area contributed by atoms with Gasteiger partial charge in [-0.15, -0.1) is 0 Å². The van der Waals surface area contributed by atoms with Gasteiger partial charge < -0.3 is 19.3 Å². The number of ether oxygens (including phenoxy) is 1. The van der Waals surface area contributed by atoms with Crippen LogP contribution in [0.15, 0.2) is 42.6 Å². The largest absolute Gasteiger partial charge is 0.508 e. The normalized spacial score (nSPS) is 17.2. The highest BCUT2D eigenvalue weighted by Gasteiger charge is 2.26. The van der Waals surface area contributed by atoms with Crippen molar-refractivity contribution in [2.75, 3.05) is 19.6 Å². The Kier molecular flexibility index (Phi) is 6.85. The number of aromatic hydroxyl groups is 1. The maximum absolute atomic E-state index is 12.8. The molecule has 8 heteroatoms. The van der Waals surface area contributed by atoms with Gasteiger partial charge in [0.1, 0.15) is 29.1 Å². The number of hydrogen-bond donors (Lipinski definition) is 1. The Hall–Kier alpha value is -3.83. The molecule has 6 rings (SSSR count). The summed E-state index contributed by atoms with van der Waals surface area (Å²) < 4.78 is 8.20. The van der Waals surface area contributed by atoms with Crippen LogP contribution in [0, 0.1) is 18.3 Å². The summed E-state index contributed by atoms with van der Waals surface area (Å²) in [6, 6.07) is 12.7. The quantitative estimate of drug-likeness (QED) is 0.550.